The van der Waals surface area contributed by atoms with Gasteiger partial charge in [0.25, 0.3) is 0 Å². The predicted octanol–water partition coefficient (Wildman–Crippen LogP) is 2.76. The van der Waals surface area contributed by atoms with Gasteiger partial charge in [-0.2, -0.15) is 0 Å². The first-order chi connectivity index (χ1) is 8.57. The lowest BCUT2D eigenvalue weighted by Crippen LogP contribution is -2.34. The lowest BCUT2D eigenvalue weighted by atomic mass is 9.97. The van der Waals surface area contributed by atoms with E-state index in [9.17, 15) is 9.90 Å². The first kappa shape index (κ1) is 13.6. The smallest absolute Gasteiger partial charge is 0.223 e. The van der Waals surface area contributed by atoms with Crippen LogP contribution in [-0.2, 0) is 11.3 Å². The maximum Gasteiger partial charge on any atom is 0.223 e. The molecule has 0 aliphatic heterocycles. The van der Waals surface area contributed by atoms with Gasteiger partial charge in [0.1, 0.15) is 0 Å². The van der Waals surface area contributed by atoms with Gasteiger partial charge < -0.3 is 10.4 Å². The molecule has 0 spiro atoms. The second-order valence-electron chi connectivity index (χ2n) is 5.01. The Labute approximate surface area is 116 Å². The SMILES string of the molecule is O=C(CC1(O)CCCC1)NCc1ccc(Br)cc1. The fraction of sp³-hybridized carbons (Fsp3) is 0.500. The number of halogens is 1. The van der Waals surface area contributed by atoms with Gasteiger partial charge in [0.15, 0.2) is 0 Å². The minimum atomic E-state index is -0.760. The summed E-state index contributed by atoms with van der Waals surface area (Å²) in [6.07, 6.45) is 3.77. The fourth-order valence-corrected chi connectivity index (χ4v) is 2.64. The van der Waals surface area contributed by atoms with Gasteiger partial charge in [0.2, 0.25) is 5.91 Å². The molecule has 1 aliphatic rings. The minimum absolute atomic E-state index is 0.0673. The number of carbonyl (C=O) groups excluding carboxylic acids is 1. The molecular weight excluding hydrogens is 294 g/mol. The van der Waals surface area contributed by atoms with Crippen molar-refractivity contribution in [2.45, 2.75) is 44.2 Å². The van der Waals surface area contributed by atoms with Crippen LogP contribution in [0.15, 0.2) is 28.7 Å². The van der Waals surface area contributed by atoms with Crippen molar-refractivity contribution in [1.82, 2.24) is 5.32 Å². The average Bonchev–Trinajstić information content (AvgIpc) is 2.75. The summed E-state index contributed by atoms with van der Waals surface area (Å²) in [5.74, 6) is -0.0673. The van der Waals surface area contributed by atoms with Crippen LogP contribution >= 0.6 is 15.9 Å². The van der Waals surface area contributed by atoms with Crippen molar-refractivity contribution in [2.75, 3.05) is 0 Å². The molecule has 1 aromatic carbocycles. The molecule has 1 amide bonds. The summed E-state index contributed by atoms with van der Waals surface area (Å²) in [6.45, 7) is 0.516. The third-order valence-corrected chi connectivity index (χ3v) is 3.96. The molecule has 18 heavy (non-hydrogen) atoms. The lowest BCUT2D eigenvalue weighted by molar-refractivity contribution is -0.126. The van der Waals surface area contributed by atoms with Crippen LogP contribution in [0.2, 0.25) is 0 Å². The highest BCUT2D eigenvalue weighted by Gasteiger charge is 2.33. The van der Waals surface area contributed by atoms with Gasteiger partial charge in [0, 0.05) is 11.0 Å². The van der Waals surface area contributed by atoms with Crippen LogP contribution in [0.3, 0.4) is 0 Å². The van der Waals surface area contributed by atoms with Gasteiger partial charge in [0.05, 0.1) is 12.0 Å². The number of hydrogen-bond acceptors (Lipinski definition) is 2. The zero-order chi connectivity index (χ0) is 13.0. The van der Waals surface area contributed by atoms with E-state index < -0.39 is 5.60 Å². The molecule has 0 unspecified atom stereocenters. The van der Waals surface area contributed by atoms with Crippen molar-refractivity contribution in [3.05, 3.63) is 34.3 Å². The Morgan fingerprint density at radius 3 is 2.50 bits per heavy atom. The lowest BCUT2D eigenvalue weighted by Gasteiger charge is -2.21. The Morgan fingerprint density at radius 1 is 1.28 bits per heavy atom. The first-order valence-corrected chi connectivity index (χ1v) is 7.10. The number of benzene rings is 1. The molecule has 1 saturated carbocycles. The van der Waals surface area contributed by atoms with Gasteiger partial charge in [-0.05, 0) is 30.5 Å². The Morgan fingerprint density at radius 2 is 1.89 bits per heavy atom. The zero-order valence-corrected chi connectivity index (χ0v) is 11.9. The molecular formula is C14H18BrNO2. The van der Waals surface area contributed by atoms with Crippen LogP contribution in [0.5, 0.6) is 0 Å². The number of carbonyl (C=O) groups is 1. The van der Waals surface area contributed by atoms with Crippen molar-refractivity contribution >= 4 is 21.8 Å². The Bertz CT molecular complexity index is 410. The zero-order valence-electron chi connectivity index (χ0n) is 10.3. The molecule has 98 valence electrons. The fourth-order valence-electron chi connectivity index (χ4n) is 2.37. The summed E-state index contributed by atoms with van der Waals surface area (Å²) in [5, 5.41) is 13.0. The molecule has 0 radical (unpaired) electrons. The molecule has 3 nitrogen and oxygen atoms in total. The van der Waals surface area contributed by atoms with E-state index in [1.807, 2.05) is 24.3 Å². The quantitative estimate of drug-likeness (QED) is 0.898. The van der Waals surface area contributed by atoms with Crippen LogP contribution in [0.25, 0.3) is 0 Å². The molecule has 0 saturated heterocycles. The second-order valence-corrected chi connectivity index (χ2v) is 5.93. The van der Waals surface area contributed by atoms with Crippen LogP contribution < -0.4 is 5.32 Å². The van der Waals surface area contributed by atoms with Crippen LogP contribution in [0.1, 0.15) is 37.7 Å². The Balaban J connectivity index is 1.79. The summed E-state index contributed by atoms with van der Waals surface area (Å²) < 4.78 is 1.03. The second kappa shape index (κ2) is 5.85. The van der Waals surface area contributed by atoms with E-state index in [0.29, 0.717) is 6.54 Å². The van der Waals surface area contributed by atoms with Crippen molar-refractivity contribution < 1.29 is 9.90 Å². The van der Waals surface area contributed by atoms with Crippen LogP contribution in [0.4, 0.5) is 0 Å². The maximum atomic E-state index is 11.8. The van der Waals surface area contributed by atoms with Crippen molar-refractivity contribution in [3.8, 4) is 0 Å². The standard InChI is InChI=1S/C14H18BrNO2/c15-12-5-3-11(4-6-12)10-16-13(17)9-14(18)7-1-2-8-14/h3-6,18H,1-2,7-10H2,(H,16,17). The highest BCUT2D eigenvalue weighted by Crippen LogP contribution is 2.32. The molecule has 1 aliphatic carbocycles. The van der Waals surface area contributed by atoms with E-state index in [1.54, 1.807) is 0 Å². The monoisotopic (exact) mass is 311 g/mol. The van der Waals surface area contributed by atoms with E-state index in [-0.39, 0.29) is 12.3 Å². The molecule has 1 fully saturated rings. The predicted molar refractivity (Wildman–Crippen MR) is 74.0 cm³/mol. The molecule has 2 N–H and O–H groups in total. The van der Waals surface area contributed by atoms with E-state index in [2.05, 4.69) is 21.2 Å². The van der Waals surface area contributed by atoms with Crippen LogP contribution in [-0.4, -0.2) is 16.6 Å². The first-order valence-electron chi connectivity index (χ1n) is 6.31. The third kappa shape index (κ3) is 3.82. The van der Waals surface area contributed by atoms with Gasteiger partial charge in [-0.15, -0.1) is 0 Å². The Kier molecular flexibility index (Phi) is 4.40. The molecule has 0 atom stereocenters. The normalized spacial score (nSPS) is 17.7. The number of nitrogens with one attached hydrogen (secondary N) is 1. The molecule has 0 heterocycles. The highest BCUT2D eigenvalue weighted by molar-refractivity contribution is 9.10. The van der Waals surface area contributed by atoms with Crippen molar-refractivity contribution in [1.29, 1.82) is 0 Å². The summed E-state index contributed by atoms with van der Waals surface area (Å²) in [7, 11) is 0. The average molecular weight is 312 g/mol. The topological polar surface area (TPSA) is 49.3 Å². The molecule has 4 heteroatoms. The highest BCUT2D eigenvalue weighted by atomic mass is 79.9. The van der Waals surface area contributed by atoms with Gasteiger partial charge in [-0.25, -0.2) is 0 Å². The molecule has 0 aromatic heterocycles. The van der Waals surface area contributed by atoms with Crippen LogP contribution in [0, 0.1) is 0 Å². The van der Waals surface area contributed by atoms with Gasteiger partial charge >= 0.3 is 0 Å². The number of aliphatic hydroxyl groups is 1. The number of hydrogen-bond donors (Lipinski definition) is 2. The largest absolute Gasteiger partial charge is 0.389 e. The molecule has 2 rings (SSSR count). The number of rotatable bonds is 4. The van der Waals surface area contributed by atoms with Gasteiger partial charge in [-0.1, -0.05) is 40.9 Å². The summed E-state index contributed by atoms with van der Waals surface area (Å²) in [4.78, 5) is 11.8. The third-order valence-electron chi connectivity index (χ3n) is 3.43. The summed E-state index contributed by atoms with van der Waals surface area (Å²) >= 11 is 3.37. The van der Waals surface area contributed by atoms with Crippen molar-refractivity contribution in [3.63, 3.8) is 0 Å². The van der Waals surface area contributed by atoms with E-state index in [1.165, 1.54) is 0 Å². The van der Waals surface area contributed by atoms with Gasteiger partial charge in [-0.3, -0.25) is 4.79 Å². The van der Waals surface area contributed by atoms with E-state index in [0.717, 1.165) is 35.7 Å². The van der Waals surface area contributed by atoms with Crippen molar-refractivity contribution in [2.24, 2.45) is 0 Å². The molecule has 0 bridgehead atoms. The van der Waals surface area contributed by atoms with E-state index >= 15 is 0 Å². The Hall–Kier alpha value is -0.870. The maximum absolute atomic E-state index is 11.8. The molecule has 1 aromatic rings. The summed E-state index contributed by atoms with van der Waals surface area (Å²) in [6, 6.07) is 7.83. The number of amides is 1. The summed E-state index contributed by atoms with van der Waals surface area (Å²) in [5.41, 5.74) is 0.300. The minimum Gasteiger partial charge on any atom is -0.389 e. The van der Waals surface area contributed by atoms with E-state index in [4.69, 9.17) is 0 Å².